The van der Waals surface area contributed by atoms with Gasteiger partial charge in [0, 0.05) is 24.8 Å². The summed E-state index contributed by atoms with van der Waals surface area (Å²) in [6.45, 7) is 4.83. The molecule has 1 rings (SSSR count). The second-order valence-electron chi connectivity index (χ2n) is 4.39. The lowest BCUT2D eigenvalue weighted by Crippen LogP contribution is -2.33. The molecule has 1 aromatic carbocycles. The van der Waals surface area contributed by atoms with Crippen molar-refractivity contribution in [1.82, 2.24) is 5.32 Å². The van der Waals surface area contributed by atoms with E-state index < -0.39 is 5.91 Å². The van der Waals surface area contributed by atoms with Crippen LogP contribution in [0.15, 0.2) is 24.3 Å². The average Bonchev–Trinajstić information content (AvgIpc) is 2.35. The number of benzene rings is 1. The molecule has 0 radical (unpaired) electrons. The van der Waals surface area contributed by atoms with Crippen LogP contribution in [0.1, 0.15) is 29.8 Å². The zero-order valence-electron chi connectivity index (χ0n) is 10.3. The van der Waals surface area contributed by atoms with Crippen molar-refractivity contribution in [2.75, 3.05) is 6.61 Å². The molecule has 0 saturated heterocycles. The second-order valence-corrected chi connectivity index (χ2v) is 4.39. The Kier molecular flexibility index (Phi) is 5.12. The molecule has 17 heavy (non-hydrogen) atoms. The first-order valence-electron chi connectivity index (χ1n) is 5.77. The molecule has 4 nitrogen and oxygen atoms in total. The van der Waals surface area contributed by atoms with Crippen molar-refractivity contribution in [3.8, 4) is 0 Å². The van der Waals surface area contributed by atoms with Gasteiger partial charge in [-0.05, 0) is 30.5 Å². The maximum Gasteiger partial charge on any atom is 0.248 e. The highest BCUT2D eigenvalue weighted by molar-refractivity contribution is 5.92. The summed E-state index contributed by atoms with van der Waals surface area (Å²) < 4.78 is 0. The van der Waals surface area contributed by atoms with Crippen molar-refractivity contribution in [2.24, 2.45) is 11.7 Å². The van der Waals surface area contributed by atoms with Gasteiger partial charge < -0.3 is 16.2 Å². The largest absolute Gasteiger partial charge is 0.396 e. The molecule has 4 heteroatoms. The van der Waals surface area contributed by atoms with Crippen LogP contribution < -0.4 is 11.1 Å². The third-order valence-electron chi connectivity index (χ3n) is 2.98. The van der Waals surface area contributed by atoms with Crippen LogP contribution in [0.5, 0.6) is 0 Å². The zero-order valence-corrected chi connectivity index (χ0v) is 10.3. The molecular formula is C13H20N2O2. The number of nitrogens with two attached hydrogens (primary N) is 1. The number of rotatable bonds is 6. The number of carbonyl (C=O) groups excluding carboxylic acids is 1. The maximum atomic E-state index is 11.0. The first-order valence-corrected chi connectivity index (χ1v) is 5.77. The Hall–Kier alpha value is -1.39. The molecule has 4 N–H and O–H groups in total. The third kappa shape index (κ3) is 4.17. The van der Waals surface area contributed by atoms with E-state index in [1.807, 2.05) is 26.0 Å². The van der Waals surface area contributed by atoms with E-state index in [0.29, 0.717) is 12.1 Å². The lowest BCUT2D eigenvalue weighted by Gasteiger charge is -2.19. The van der Waals surface area contributed by atoms with Crippen LogP contribution in [-0.4, -0.2) is 23.7 Å². The average molecular weight is 236 g/mol. The molecule has 0 heterocycles. The molecule has 2 atom stereocenters. The molecule has 94 valence electrons. The Labute approximate surface area is 102 Å². The van der Waals surface area contributed by atoms with Gasteiger partial charge in [0.05, 0.1) is 0 Å². The number of hydrogen-bond acceptors (Lipinski definition) is 3. The quantitative estimate of drug-likeness (QED) is 0.686. The number of carbonyl (C=O) groups is 1. The molecule has 0 aliphatic rings. The van der Waals surface area contributed by atoms with Crippen LogP contribution in [0.4, 0.5) is 0 Å². The summed E-state index contributed by atoms with van der Waals surface area (Å²) in [5.41, 5.74) is 6.75. The minimum atomic E-state index is -0.413. The molecule has 0 spiro atoms. The topological polar surface area (TPSA) is 75.3 Å². The van der Waals surface area contributed by atoms with Crippen molar-refractivity contribution in [3.05, 3.63) is 35.4 Å². The molecule has 1 amide bonds. The van der Waals surface area contributed by atoms with Gasteiger partial charge in [0.2, 0.25) is 5.91 Å². The molecule has 0 bridgehead atoms. The van der Waals surface area contributed by atoms with Gasteiger partial charge in [-0.1, -0.05) is 19.1 Å². The summed E-state index contributed by atoms with van der Waals surface area (Å²) in [5, 5.41) is 12.3. The summed E-state index contributed by atoms with van der Waals surface area (Å²) in [7, 11) is 0. The summed E-state index contributed by atoms with van der Waals surface area (Å²) in [4.78, 5) is 11.0. The van der Waals surface area contributed by atoms with E-state index >= 15 is 0 Å². The van der Waals surface area contributed by atoms with Gasteiger partial charge in [-0.2, -0.15) is 0 Å². The van der Waals surface area contributed by atoms with Crippen LogP contribution in [0.3, 0.4) is 0 Å². The first-order chi connectivity index (χ1) is 8.04. The van der Waals surface area contributed by atoms with Gasteiger partial charge in [-0.25, -0.2) is 0 Å². The fourth-order valence-corrected chi connectivity index (χ4v) is 1.47. The second kappa shape index (κ2) is 6.37. The Morgan fingerprint density at radius 3 is 2.76 bits per heavy atom. The van der Waals surface area contributed by atoms with E-state index in [-0.39, 0.29) is 18.6 Å². The maximum absolute atomic E-state index is 11.0. The number of primary amides is 1. The third-order valence-corrected chi connectivity index (χ3v) is 2.98. The van der Waals surface area contributed by atoms with Crippen LogP contribution in [-0.2, 0) is 6.54 Å². The van der Waals surface area contributed by atoms with Crippen molar-refractivity contribution in [1.29, 1.82) is 0 Å². The van der Waals surface area contributed by atoms with Gasteiger partial charge >= 0.3 is 0 Å². The molecule has 2 unspecified atom stereocenters. The monoisotopic (exact) mass is 236 g/mol. The fraction of sp³-hybridized carbons (Fsp3) is 0.462. The Balaban J connectivity index is 2.57. The number of aliphatic hydroxyl groups excluding tert-OH is 1. The minimum Gasteiger partial charge on any atom is -0.396 e. The highest BCUT2D eigenvalue weighted by atomic mass is 16.3. The lowest BCUT2D eigenvalue weighted by molar-refractivity contribution is 0.1000. The zero-order chi connectivity index (χ0) is 12.8. The molecule has 0 aliphatic carbocycles. The van der Waals surface area contributed by atoms with E-state index in [9.17, 15) is 4.79 Å². The normalized spacial score (nSPS) is 14.3. The molecular weight excluding hydrogens is 216 g/mol. The number of amides is 1. The van der Waals surface area contributed by atoms with Crippen molar-refractivity contribution < 1.29 is 9.90 Å². The Morgan fingerprint density at radius 2 is 2.18 bits per heavy atom. The van der Waals surface area contributed by atoms with Gasteiger partial charge in [0.15, 0.2) is 0 Å². The van der Waals surface area contributed by atoms with Crippen molar-refractivity contribution >= 4 is 5.91 Å². The number of hydrogen-bond donors (Lipinski definition) is 3. The van der Waals surface area contributed by atoms with Crippen LogP contribution >= 0.6 is 0 Å². The van der Waals surface area contributed by atoms with E-state index in [0.717, 1.165) is 5.56 Å². The molecule has 0 aromatic heterocycles. The van der Waals surface area contributed by atoms with Crippen molar-refractivity contribution in [2.45, 2.75) is 26.4 Å². The highest BCUT2D eigenvalue weighted by Gasteiger charge is 2.10. The summed E-state index contributed by atoms with van der Waals surface area (Å²) >= 11 is 0. The standard InChI is InChI=1S/C13H20N2O2/c1-9(8-16)10(2)15-7-11-4-3-5-12(6-11)13(14)17/h3-6,9-10,15-16H,7-8H2,1-2H3,(H2,14,17). The number of aliphatic hydroxyl groups is 1. The van der Waals surface area contributed by atoms with E-state index in [2.05, 4.69) is 5.32 Å². The summed E-state index contributed by atoms with van der Waals surface area (Å²) in [6.07, 6.45) is 0. The molecule has 0 saturated carbocycles. The van der Waals surface area contributed by atoms with Gasteiger partial charge in [-0.15, -0.1) is 0 Å². The Bertz CT molecular complexity index is 379. The lowest BCUT2D eigenvalue weighted by atomic mass is 10.0. The SMILES string of the molecule is CC(CO)C(C)NCc1cccc(C(N)=O)c1. The predicted molar refractivity (Wildman–Crippen MR) is 67.5 cm³/mol. The van der Waals surface area contributed by atoms with E-state index in [1.165, 1.54) is 0 Å². The highest BCUT2D eigenvalue weighted by Crippen LogP contribution is 2.06. The molecule has 1 aromatic rings. The van der Waals surface area contributed by atoms with Gasteiger partial charge in [0.1, 0.15) is 0 Å². The predicted octanol–water partition coefficient (Wildman–Crippen LogP) is 0.892. The Morgan fingerprint density at radius 1 is 1.47 bits per heavy atom. The van der Waals surface area contributed by atoms with Crippen LogP contribution in [0, 0.1) is 5.92 Å². The fourth-order valence-electron chi connectivity index (χ4n) is 1.47. The van der Waals surface area contributed by atoms with Gasteiger partial charge in [-0.3, -0.25) is 4.79 Å². The summed E-state index contributed by atoms with van der Waals surface area (Å²) in [5.74, 6) is -0.210. The minimum absolute atomic E-state index is 0.162. The summed E-state index contributed by atoms with van der Waals surface area (Å²) in [6, 6.07) is 7.46. The molecule has 0 fully saturated rings. The van der Waals surface area contributed by atoms with Crippen LogP contribution in [0.2, 0.25) is 0 Å². The first kappa shape index (κ1) is 13.7. The molecule has 0 aliphatic heterocycles. The van der Waals surface area contributed by atoms with E-state index in [4.69, 9.17) is 10.8 Å². The van der Waals surface area contributed by atoms with Crippen molar-refractivity contribution in [3.63, 3.8) is 0 Å². The van der Waals surface area contributed by atoms with E-state index in [1.54, 1.807) is 12.1 Å². The number of nitrogens with one attached hydrogen (secondary N) is 1. The van der Waals surface area contributed by atoms with Crippen LogP contribution in [0.25, 0.3) is 0 Å². The van der Waals surface area contributed by atoms with Gasteiger partial charge in [0.25, 0.3) is 0 Å². The smallest absolute Gasteiger partial charge is 0.248 e.